The van der Waals surface area contributed by atoms with Crippen LogP contribution < -0.4 is 5.32 Å². The van der Waals surface area contributed by atoms with E-state index in [1.54, 1.807) is 18.2 Å². The van der Waals surface area contributed by atoms with Gasteiger partial charge in [-0.05, 0) is 31.2 Å². The number of carboxylic acid groups (broad SMARTS) is 1. The molecule has 1 aliphatic rings. The molecular formula is C16H20FNO3. The van der Waals surface area contributed by atoms with Gasteiger partial charge in [0.15, 0.2) is 0 Å². The average Bonchev–Trinajstić information content (AvgIpc) is 3.19. The minimum atomic E-state index is -1.05. The van der Waals surface area contributed by atoms with Crippen molar-refractivity contribution < 1.29 is 19.1 Å². The minimum Gasteiger partial charge on any atom is -0.480 e. The molecule has 5 heteroatoms. The highest BCUT2D eigenvalue weighted by Crippen LogP contribution is 2.49. The molecule has 21 heavy (non-hydrogen) atoms. The van der Waals surface area contributed by atoms with Crippen molar-refractivity contribution in [1.29, 1.82) is 0 Å². The first-order valence-corrected chi connectivity index (χ1v) is 7.15. The molecule has 4 nitrogen and oxygen atoms in total. The quantitative estimate of drug-likeness (QED) is 0.846. The smallest absolute Gasteiger partial charge is 0.326 e. The standard InChI is InChI=1S/C16H20FNO3/c1-10(2)9-13(14(19)20)18-15(21)16(7-8-16)11-5-3-4-6-12(11)17/h3-6,10,13H,7-9H2,1-2H3,(H,18,21)(H,19,20)/t13-/m1/s1. The van der Waals surface area contributed by atoms with Crippen LogP contribution >= 0.6 is 0 Å². The van der Waals surface area contributed by atoms with Gasteiger partial charge in [-0.25, -0.2) is 9.18 Å². The Labute approximate surface area is 123 Å². The number of halogens is 1. The van der Waals surface area contributed by atoms with E-state index in [0.717, 1.165) is 0 Å². The highest BCUT2D eigenvalue weighted by Gasteiger charge is 2.53. The first-order chi connectivity index (χ1) is 9.86. The van der Waals surface area contributed by atoms with Crippen LogP contribution in [0.2, 0.25) is 0 Å². The number of rotatable bonds is 6. The third-order valence-electron chi connectivity index (χ3n) is 3.88. The predicted molar refractivity (Wildman–Crippen MR) is 76.3 cm³/mol. The van der Waals surface area contributed by atoms with Crippen molar-refractivity contribution in [3.8, 4) is 0 Å². The molecule has 1 aromatic carbocycles. The van der Waals surface area contributed by atoms with Gasteiger partial charge in [-0.15, -0.1) is 0 Å². The number of aliphatic carboxylic acids is 1. The number of carbonyl (C=O) groups excluding carboxylic acids is 1. The van der Waals surface area contributed by atoms with Gasteiger partial charge in [0.05, 0.1) is 5.41 Å². The zero-order valence-corrected chi connectivity index (χ0v) is 12.2. The Hall–Kier alpha value is -1.91. The second-order valence-corrected chi connectivity index (χ2v) is 6.06. The van der Waals surface area contributed by atoms with E-state index in [2.05, 4.69) is 5.32 Å². The van der Waals surface area contributed by atoms with Gasteiger partial charge in [-0.1, -0.05) is 32.0 Å². The fourth-order valence-electron chi connectivity index (χ4n) is 2.58. The van der Waals surface area contributed by atoms with Gasteiger partial charge in [0, 0.05) is 5.56 Å². The van der Waals surface area contributed by atoms with Crippen LogP contribution in [0.25, 0.3) is 0 Å². The summed E-state index contributed by atoms with van der Waals surface area (Å²) in [6, 6.07) is 5.26. The van der Waals surface area contributed by atoms with Gasteiger partial charge in [-0.2, -0.15) is 0 Å². The Kier molecular flexibility index (Phi) is 4.30. The molecule has 1 saturated carbocycles. The molecule has 0 aliphatic heterocycles. The number of amides is 1. The monoisotopic (exact) mass is 293 g/mol. The van der Waals surface area contributed by atoms with E-state index in [4.69, 9.17) is 0 Å². The lowest BCUT2D eigenvalue weighted by atomic mass is 9.93. The fourth-order valence-corrected chi connectivity index (χ4v) is 2.58. The molecule has 0 radical (unpaired) electrons. The SMILES string of the molecule is CC(C)C[C@@H](NC(=O)C1(c2ccccc2F)CC1)C(=O)O. The van der Waals surface area contributed by atoms with Crippen molar-refractivity contribution in [3.05, 3.63) is 35.6 Å². The van der Waals surface area contributed by atoms with Crippen LogP contribution in [-0.4, -0.2) is 23.0 Å². The third kappa shape index (κ3) is 3.23. The summed E-state index contributed by atoms with van der Waals surface area (Å²) < 4.78 is 13.9. The van der Waals surface area contributed by atoms with E-state index in [1.807, 2.05) is 13.8 Å². The normalized spacial score (nSPS) is 17.3. The topological polar surface area (TPSA) is 66.4 Å². The summed E-state index contributed by atoms with van der Waals surface area (Å²) in [4.78, 5) is 23.7. The van der Waals surface area contributed by atoms with E-state index >= 15 is 0 Å². The number of carbonyl (C=O) groups is 2. The molecule has 0 heterocycles. The molecule has 1 fully saturated rings. The molecular weight excluding hydrogens is 273 g/mol. The summed E-state index contributed by atoms with van der Waals surface area (Å²) in [6.07, 6.45) is 1.45. The van der Waals surface area contributed by atoms with Crippen LogP contribution in [0.4, 0.5) is 4.39 Å². The molecule has 2 rings (SSSR count). The largest absolute Gasteiger partial charge is 0.480 e. The molecule has 2 N–H and O–H groups in total. The maximum absolute atomic E-state index is 13.9. The second kappa shape index (κ2) is 5.84. The molecule has 1 aromatic rings. The predicted octanol–water partition coefficient (Wildman–Crippen LogP) is 2.47. The van der Waals surface area contributed by atoms with E-state index in [1.165, 1.54) is 6.07 Å². The second-order valence-electron chi connectivity index (χ2n) is 6.06. The molecule has 0 bridgehead atoms. The lowest BCUT2D eigenvalue weighted by molar-refractivity contribution is -0.142. The van der Waals surface area contributed by atoms with Crippen LogP contribution in [-0.2, 0) is 15.0 Å². The van der Waals surface area contributed by atoms with Gasteiger partial charge in [0.25, 0.3) is 0 Å². The van der Waals surface area contributed by atoms with E-state index in [9.17, 15) is 19.1 Å². The Morgan fingerprint density at radius 3 is 2.43 bits per heavy atom. The number of carboxylic acids is 1. The minimum absolute atomic E-state index is 0.148. The summed E-state index contributed by atoms with van der Waals surface area (Å²) in [5, 5.41) is 11.8. The van der Waals surface area contributed by atoms with Gasteiger partial charge in [-0.3, -0.25) is 4.79 Å². The molecule has 114 valence electrons. The van der Waals surface area contributed by atoms with Crippen molar-refractivity contribution in [2.24, 2.45) is 5.92 Å². The number of hydrogen-bond donors (Lipinski definition) is 2. The van der Waals surface area contributed by atoms with Gasteiger partial charge in [0.1, 0.15) is 11.9 Å². The van der Waals surface area contributed by atoms with Crippen molar-refractivity contribution in [1.82, 2.24) is 5.32 Å². The zero-order valence-electron chi connectivity index (χ0n) is 12.2. The summed E-state index contributed by atoms with van der Waals surface area (Å²) in [5.41, 5.74) is -0.535. The summed E-state index contributed by atoms with van der Waals surface area (Å²) in [6.45, 7) is 3.79. The van der Waals surface area contributed by atoms with Crippen LogP contribution in [0.3, 0.4) is 0 Å². The van der Waals surface area contributed by atoms with Crippen LogP contribution in [0.5, 0.6) is 0 Å². The lowest BCUT2D eigenvalue weighted by Crippen LogP contribution is -2.46. The van der Waals surface area contributed by atoms with Gasteiger partial charge in [0.2, 0.25) is 5.91 Å². The maximum Gasteiger partial charge on any atom is 0.326 e. The van der Waals surface area contributed by atoms with Crippen LogP contribution in [0.15, 0.2) is 24.3 Å². The molecule has 0 unspecified atom stereocenters. The lowest BCUT2D eigenvalue weighted by Gasteiger charge is -2.21. The van der Waals surface area contributed by atoms with Crippen molar-refractivity contribution in [2.45, 2.75) is 44.6 Å². The zero-order chi connectivity index (χ0) is 15.6. The Morgan fingerprint density at radius 1 is 1.33 bits per heavy atom. The molecule has 1 atom stereocenters. The first-order valence-electron chi connectivity index (χ1n) is 7.15. The highest BCUT2D eigenvalue weighted by atomic mass is 19.1. The third-order valence-corrected chi connectivity index (χ3v) is 3.88. The Balaban J connectivity index is 2.16. The highest BCUT2D eigenvalue weighted by molar-refractivity contribution is 5.94. The van der Waals surface area contributed by atoms with Crippen LogP contribution in [0, 0.1) is 11.7 Å². The maximum atomic E-state index is 13.9. The summed E-state index contributed by atoms with van der Waals surface area (Å²) in [5.74, 6) is -1.71. The Bertz CT molecular complexity index is 552. The Morgan fingerprint density at radius 2 is 1.95 bits per heavy atom. The van der Waals surface area contributed by atoms with Crippen molar-refractivity contribution >= 4 is 11.9 Å². The first kappa shape index (κ1) is 15.5. The molecule has 0 aromatic heterocycles. The molecule has 0 spiro atoms. The molecule has 1 aliphatic carbocycles. The molecule has 1 amide bonds. The van der Waals surface area contributed by atoms with Gasteiger partial charge < -0.3 is 10.4 Å². The van der Waals surface area contributed by atoms with Crippen LogP contribution in [0.1, 0.15) is 38.7 Å². The van der Waals surface area contributed by atoms with Crippen molar-refractivity contribution in [2.75, 3.05) is 0 Å². The van der Waals surface area contributed by atoms with Gasteiger partial charge >= 0.3 is 5.97 Å². The summed E-state index contributed by atoms with van der Waals surface area (Å²) in [7, 11) is 0. The number of hydrogen-bond acceptors (Lipinski definition) is 2. The fraction of sp³-hybridized carbons (Fsp3) is 0.500. The van der Waals surface area contributed by atoms with E-state index in [-0.39, 0.29) is 11.8 Å². The average molecular weight is 293 g/mol. The number of nitrogens with one attached hydrogen (secondary N) is 1. The van der Waals surface area contributed by atoms with E-state index < -0.39 is 23.2 Å². The number of benzene rings is 1. The molecule has 0 saturated heterocycles. The summed E-state index contributed by atoms with van der Waals surface area (Å²) >= 11 is 0. The van der Waals surface area contributed by atoms with Crippen molar-refractivity contribution in [3.63, 3.8) is 0 Å². The van der Waals surface area contributed by atoms with E-state index in [0.29, 0.717) is 24.8 Å².